The van der Waals surface area contributed by atoms with Crippen molar-refractivity contribution in [3.05, 3.63) is 59.2 Å². The van der Waals surface area contributed by atoms with Gasteiger partial charge in [-0.3, -0.25) is 9.10 Å². The number of nitrogens with zero attached hydrogens (tertiary/aromatic N) is 2. The third kappa shape index (κ3) is 3.69. The summed E-state index contributed by atoms with van der Waals surface area (Å²) >= 11 is 0. The molecule has 7 nitrogen and oxygen atoms in total. The van der Waals surface area contributed by atoms with Crippen LogP contribution in [0.3, 0.4) is 0 Å². The lowest BCUT2D eigenvalue weighted by molar-refractivity contribution is -0.130. The summed E-state index contributed by atoms with van der Waals surface area (Å²) in [4.78, 5) is 26.0. The van der Waals surface area contributed by atoms with Crippen molar-refractivity contribution < 1.29 is 31.5 Å². The van der Waals surface area contributed by atoms with Crippen molar-refractivity contribution in [1.82, 2.24) is 4.90 Å². The molecule has 1 saturated carbocycles. The molecule has 2 fully saturated rings. The van der Waals surface area contributed by atoms with Crippen LogP contribution in [0.25, 0.3) is 0 Å². The molecular weight excluding hydrogens is 478 g/mol. The van der Waals surface area contributed by atoms with E-state index in [2.05, 4.69) is 0 Å². The Kier molecular flexibility index (Phi) is 5.62. The fraction of sp³-hybridized carbons (Fsp3) is 0.440. The molecule has 0 radical (unpaired) electrons. The summed E-state index contributed by atoms with van der Waals surface area (Å²) in [5.74, 6) is -2.30. The van der Waals surface area contributed by atoms with Crippen LogP contribution in [0.5, 0.6) is 0 Å². The molecule has 0 bridgehead atoms. The quantitative estimate of drug-likeness (QED) is 0.594. The molecule has 1 atom stereocenters. The van der Waals surface area contributed by atoms with Crippen molar-refractivity contribution in [2.45, 2.75) is 49.0 Å². The van der Waals surface area contributed by atoms with Crippen molar-refractivity contribution in [1.29, 1.82) is 0 Å². The number of likely N-dealkylation sites (tertiary alicyclic amines) is 1. The predicted molar refractivity (Wildman–Crippen MR) is 123 cm³/mol. The van der Waals surface area contributed by atoms with Crippen molar-refractivity contribution in [3.63, 3.8) is 0 Å². The number of rotatable bonds is 4. The first-order valence-electron chi connectivity index (χ1n) is 11.6. The zero-order chi connectivity index (χ0) is 25.1. The van der Waals surface area contributed by atoms with E-state index in [9.17, 15) is 22.4 Å². The number of carbonyl (C=O) groups is 2. The minimum absolute atomic E-state index is 0.0474. The first-order valence-corrected chi connectivity index (χ1v) is 13.0. The van der Waals surface area contributed by atoms with Crippen LogP contribution in [-0.4, -0.2) is 51.4 Å². The molecule has 186 valence electrons. The molecule has 2 heterocycles. The fourth-order valence-electron chi connectivity index (χ4n) is 5.78. The summed E-state index contributed by atoms with van der Waals surface area (Å²) in [6.45, 7) is 2.34. The van der Waals surface area contributed by atoms with Crippen LogP contribution in [0.1, 0.15) is 48.5 Å². The normalized spacial score (nSPS) is 21.2. The maximum absolute atomic E-state index is 15.1. The van der Waals surface area contributed by atoms with Gasteiger partial charge in [-0.15, -0.1) is 0 Å². The second kappa shape index (κ2) is 8.29. The molecule has 10 heteroatoms. The van der Waals surface area contributed by atoms with Gasteiger partial charge in [0.25, 0.3) is 10.0 Å². The van der Waals surface area contributed by atoms with Gasteiger partial charge in [0.15, 0.2) is 0 Å². The number of sulfonamides is 1. The number of methoxy groups -OCH3 is 1. The Hall–Kier alpha value is -3.01. The summed E-state index contributed by atoms with van der Waals surface area (Å²) < 4.78 is 62.7. The van der Waals surface area contributed by atoms with E-state index < -0.39 is 39.1 Å². The van der Waals surface area contributed by atoms with Gasteiger partial charge in [0, 0.05) is 25.4 Å². The number of fused-ring (bicyclic) bond motifs is 2. The van der Waals surface area contributed by atoms with Gasteiger partial charge in [-0.25, -0.2) is 22.0 Å². The highest BCUT2D eigenvalue weighted by atomic mass is 32.2. The summed E-state index contributed by atoms with van der Waals surface area (Å²) in [5.41, 5.74) is -0.195. The highest BCUT2D eigenvalue weighted by Crippen LogP contribution is 2.59. The lowest BCUT2D eigenvalue weighted by atomic mass is 9.68. The minimum atomic E-state index is -4.18. The van der Waals surface area contributed by atoms with Gasteiger partial charge in [0.05, 0.1) is 29.3 Å². The predicted octanol–water partition coefficient (Wildman–Crippen LogP) is 3.62. The van der Waals surface area contributed by atoms with Crippen molar-refractivity contribution in [2.75, 3.05) is 24.5 Å². The first-order chi connectivity index (χ1) is 16.6. The standard InChI is InChI=1S/C25H26F2N2O5S/c1-15(30)28-11-9-25(10-12-28)20-13-19(24(31)34-2)21(27)14-22(20)29(23(25)16-3-4-16)35(32,33)18-7-5-17(26)6-8-18/h5-8,13-14,16,23H,3-4,9-12H2,1-2H3. The van der Waals surface area contributed by atoms with Crippen LogP contribution < -0.4 is 4.31 Å². The number of benzene rings is 2. The fourth-order valence-corrected chi connectivity index (χ4v) is 7.57. The molecule has 1 unspecified atom stereocenters. The largest absolute Gasteiger partial charge is 0.465 e. The van der Waals surface area contributed by atoms with Gasteiger partial charge in [0.1, 0.15) is 11.6 Å². The zero-order valence-electron chi connectivity index (χ0n) is 19.5. The van der Waals surface area contributed by atoms with Crippen molar-refractivity contribution >= 4 is 27.6 Å². The summed E-state index contributed by atoms with van der Waals surface area (Å²) in [6, 6.07) is 6.59. The molecule has 2 aliphatic heterocycles. The van der Waals surface area contributed by atoms with Crippen LogP contribution in [0.15, 0.2) is 41.3 Å². The van der Waals surface area contributed by atoms with E-state index in [0.717, 1.165) is 38.2 Å². The maximum atomic E-state index is 15.1. The number of anilines is 1. The van der Waals surface area contributed by atoms with E-state index in [4.69, 9.17) is 4.74 Å². The molecule has 1 saturated heterocycles. The van der Waals surface area contributed by atoms with E-state index in [1.807, 2.05) is 0 Å². The lowest BCUT2D eigenvalue weighted by Crippen LogP contribution is -2.54. The van der Waals surface area contributed by atoms with Crippen molar-refractivity contribution in [2.24, 2.45) is 5.92 Å². The monoisotopic (exact) mass is 504 g/mol. The van der Waals surface area contributed by atoms with Crippen LogP contribution in [-0.2, 0) is 25.0 Å². The van der Waals surface area contributed by atoms with Gasteiger partial charge in [-0.1, -0.05) is 0 Å². The molecule has 35 heavy (non-hydrogen) atoms. The van der Waals surface area contributed by atoms with Gasteiger partial charge < -0.3 is 9.64 Å². The smallest absolute Gasteiger partial charge is 0.340 e. The number of hydrogen-bond acceptors (Lipinski definition) is 5. The Labute approximate surface area is 202 Å². The average Bonchev–Trinajstić information content (AvgIpc) is 3.63. The molecule has 5 rings (SSSR count). The highest BCUT2D eigenvalue weighted by Gasteiger charge is 2.60. The molecule has 3 aliphatic rings. The Morgan fingerprint density at radius 3 is 2.23 bits per heavy atom. The Bertz CT molecular complexity index is 1300. The van der Waals surface area contributed by atoms with Gasteiger partial charge in [-0.05, 0) is 73.6 Å². The van der Waals surface area contributed by atoms with E-state index in [1.54, 1.807) is 4.90 Å². The van der Waals surface area contributed by atoms with Crippen LogP contribution >= 0.6 is 0 Å². The SMILES string of the molecule is COC(=O)c1cc2c(cc1F)N(S(=O)(=O)c1ccc(F)cc1)C(C1CC1)C21CCN(C(C)=O)CC1. The summed E-state index contributed by atoms with van der Waals surface area (Å²) in [6.07, 6.45) is 2.59. The maximum Gasteiger partial charge on any atom is 0.340 e. The zero-order valence-corrected chi connectivity index (χ0v) is 20.3. The third-order valence-corrected chi connectivity index (χ3v) is 9.43. The number of hydrogen-bond donors (Lipinski definition) is 0. The van der Waals surface area contributed by atoms with Crippen LogP contribution in [0, 0.1) is 17.6 Å². The summed E-state index contributed by atoms with van der Waals surface area (Å²) in [5, 5.41) is 0. The van der Waals surface area contributed by atoms with Gasteiger partial charge in [-0.2, -0.15) is 0 Å². The first kappa shape index (κ1) is 23.7. The Morgan fingerprint density at radius 1 is 1.06 bits per heavy atom. The lowest BCUT2D eigenvalue weighted by Gasteiger charge is -2.45. The Balaban J connectivity index is 1.72. The number of carbonyl (C=O) groups excluding carboxylic acids is 2. The van der Waals surface area contributed by atoms with Gasteiger partial charge in [0.2, 0.25) is 5.91 Å². The molecule has 1 spiro atoms. The molecular formula is C25H26F2N2O5S. The third-order valence-electron chi connectivity index (χ3n) is 7.62. The number of amides is 1. The van der Waals surface area contributed by atoms with Gasteiger partial charge >= 0.3 is 5.97 Å². The summed E-state index contributed by atoms with van der Waals surface area (Å²) in [7, 11) is -3.02. The van der Waals surface area contributed by atoms with E-state index in [0.29, 0.717) is 31.5 Å². The second-order valence-electron chi connectivity index (χ2n) is 9.54. The average molecular weight is 505 g/mol. The van der Waals surface area contributed by atoms with Crippen molar-refractivity contribution in [3.8, 4) is 0 Å². The molecule has 0 N–H and O–H groups in total. The molecule has 1 amide bonds. The molecule has 2 aromatic rings. The number of ether oxygens (including phenoxy) is 1. The topological polar surface area (TPSA) is 84.0 Å². The second-order valence-corrected chi connectivity index (χ2v) is 11.4. The molecule has 1 aliphatic carbocycles. The number of halogens is 2. The molecule has 0 aromatic heterocycles. The van der Waals surface area contributed by atoms with Crippen LogP contribution in [0.2, 0.25) is 0 Å². The number of piperidine rings is 1. The minimum Gasteiger partial charge on any atom is -0.465 e. The van der Waals surface area contributed by atoms with E-state index in [-0.39, 0.29) is 28.0 Å². The highest BCUT2D eigenvalue weighted by molar-refractivity contribution is 7.92. The van der Waals surface area contributed by atoms with E-state index in [1.165, 1.54) is 29.4 Å². The molecule has 2 aromatic carbocycles. The Morgan fingerprint density at radius 2 is 1.69 bits per heavy atom. The number of esters is 1. The van der Waals surface area contributed by atoms with E-state index >= 15 is 4.39 Å². The van der Waals surface area contributed by atoms with Crippen LogP contribution in [0.4, 0.5) is 14.5 Å².